The largest absolute Gasteiger partial charge is 0.490 e. The summed E-state index contributed by atoms with van der Waals surface area (Å²) in [6.45, 7) is 6.37. The molecule has 4 rings (SSSR count). The lowest BCUT2D eigenvalue weighted by molar-refractivity contribution is -0.122. The first-order valence-electron chi connectivity index (χ1n) is 10.4. The zero-order valence-electron chi connectivity index (χ0n) is 18.0. The molecule has 0 unspecified atom stereocenters. The van der Waals surface area contributed by atoms with Gasteiger partial charge in [-0.15, -0.1) is 6.58 Å². The Morgan fingerprint density at radius 2 is 1.88 bits per heavy atom. The van der Waals surface area contributed by atoms with Crippen molar-refractivity contribution >= 4 is 51.4 Å². The number of amides is 2. The summed E-state index contributed by atoms with van der Waals surface area (Å²) in [4.78, 5) is 26.1. The molecule has 3 aromatic rings. The van der Waals surface area contributed by atoms with Crippen molar-refractivity contribution in [2.45, 2.75) is 13.5 Å². The van der Waals surface area contributed by atoms with Crippen LogP contribution in [0.5, 0.6) is 11.5 Å². The SMILES string of the molecule is C=CCN1C(=O)S/C(=C/c2cc(Cl)c(OCc3cccc4ccccc34)c(OCC)c2)C1=O. The van der Waals surface area contributed by atoms with E-state index in [1.165, 1.54) is 6.08 Å². The van der Waals surface area contributed by atoms with Gasteiger partial charge in [-0.05, 0) is 58.8 Å². The minimum absolute atomic E-state index is 0.175. The second kappa shape index (κ2) is 10.1. The number of fused-ring (bicyclic) bond motifs is 1. The van der Waals surface area contributed by atoms with Crippen molar-refractivity contribution in [3.05, 3.63) is 88.3 Å². The first-order valence-corrected chi connectivity index (χ1v) is 11.6. The molecule has 7 heteroatoms. The molecule has 168 valence electrons. The lowest BCUT2D eigenvalue weighted by atomic mass is 10.1. The fraction of sp³-hybridized carbons (Fsp3) is 0.154. The van der Waals surface area contributed by atoms with Gasteiger partial charge in [0.2, 0.25) is 0 Å². The second-order valence-corrected chi connectivity index (χ2v) is 8.67. The molecule has 0 aromatic heterocycles. The van der Waals surface area contributed by atoms with Gasteiger partial charge in [-0.2, -0.15) is 0 Å². The van der Waals surface area contributed by atoms with Crippen molar-refractivity contribution in [3.63, 3.8) is 0 Å². The molecule has 1 fully saturated rings. The Balaban J connectivity index is 1.62. The molecule has 3 aromatic carbocycles. The maximum Gasteiger partial charge on any atom is 0.293 e. The van der Waals surface area contributed by atoms with Crippen molar-refractivity contribution < 1.29 is 19.1 Å². The zero-order chi connectivity index (χ0) is 23.4. The molecule has 0 saturated carbocycles. The van der Waals surface area contributed by atoms with Crippen LogP contribution in [0.4, 0.5) is 4.79 Å². The van der Waals surface area contributed by atoms with Crippen LogP contribution in [0.2, 0.25) is 5.02 Å². The van der Waals surface area contributed by atoms with E-state index in [4.69, 9.17) is 21.1 Å². The second-order valence-electron chi connectivity index (χ2n) is 7.27. The average molecular weight is 480 g/mol. The molecule has 5 nitrogen and oxygen atoms in total. The van der Waals surface area contributed by atoms with Crippen LogP contribution >= 0.6 is 23.4 Å². The Morgan fingerprint density at radius 3 is 2.67 bits per heavy atom. The van der Waals surface area contributed by atoms with Crippen molar-refractivity contribution in [1.29, 1.82) is 0 Å². The number of nitrogens with zero attached hydrogens (tertiary/aromatic N) is 1. The van der Waals surface area contributed by atoms with E-state index in [2.05, 4.69) is 24.8 Å². The Hall–Kier alpha value is -3.22. The summed E-state index contributed by atoms with van der Waals surface area (Å²) in [5, 5.41) is 2.28. The highest BCUT2D eigenvalue weighted by atomic mass is 35.5. The number of hydrogen-bond acceptors (Lipinski definition) is 5. The van der Waals surface area contributed by atoms with Gasteiger partial charge in [0, 0.05) is 6.54 Å². The average Bonchev–Trinajstić information content (AvgIpc) is 3.06. The smallest absolute Gasteiger partial charge is 0.293 e. The molecule has 0 spiro atoms. The van der Waals surface area contributed by atoms with E-state index >= 15 is 0 Å². The van der Waals surface area contributed by atoms with Gasteiger partial charge in [0.15, 0.2) is 11.5 Å². The van der Waals surface area contributed by atoms with Crippen molar-refractivity contribution in [2.24, 2.45) is 0 Å². The van der Waals surface area contributed by atoms with Crippen LogP contribution in [0.1, 0.15) is 18.1 Å². The number of imide groups is 1. The van der Waals surface area contributed by atoms with Crippen LogP contribution in [0.15, 0.2) is 72.2 Å². The molecule has 33 heavy (non-hydrogen) atoms. The summed E-state index contributed by atoms with van der Waals surface area (Å²) in [7, 11) is 0. The van der Waals surface area contributed by atoms with E-state index in [-0.39, 0.29) is 17.7 Å². The molecule has 1 heterocycles. The Morgan fingerprint density at radius 1 is 1.09 bits per heavy atom. The standard InChI is InChI=1S/C26H22ClNO4S/c1-3-12-28-25(29)23(33-26(28)30)15-17-13-21(27)24(22(14-17)31-4-2)32-16-19-10-7-9-18-8-5-6-11-20(18)19/h3,5-11,13-15H,1,4,12,16H2,2H3/b23-15+. The molecule has 0 aliphatic carbocycles. The van der Waals surface area contributed by atoms with Gasteiger partial charge in [-0.3, -0.25) is 14.5 Å². The molecule has 0 bridgehead atoms. The first kappa shape index (κ1) is 23.0. The minimum atomic E-state index is -0.352. The number of halogens is 1. The Kier molecular flexibility index (Phi) is 7.06. The number of carbonyl (C=O) groups is 2. The number of thioether (sulfide) groups is 1. The van der Waals surface area contributed by atoms with Crippen LogP contribution in [0.3, 0.4) is 0 Å². The predicted octanol–water partition coefficient (Wildman–Crippen LogP) is 6.69. The molecule has 1 aliphatic heterocycles. The molecule has 0 atom stereocenters. The summed E-state index contributed by atoms with van der Waals surface area (Å²) >= 11 is 7.46. The maximum absolute atomic E-state index is 12.5. The Bertz CT molecular complexity index is 1270. The van der Waals surface area contributed by atoms with Gasteiger partial charge >= 0.3 is 0 Å². The van der Waals surface area contributed by atoms with Crippen LogP contribution < -0.4 is 9.47 Å². The summed E-state index contributed by atoms with van der Waals surface area (Å²) in [6.07, 6.45) is 3.16. The van der Waals surface area contributed by atoms with Crippen LogP contribution in [0.25, 0.3) is 16.8 Å². The summed E-state index contributed by atoms with van der Waals surface area (Å²) in [5.41, 5.74) is 1.68. The zero-order valence-corrected chi connectivity index (χ0v) is 19.6. The highest BCUT2D eigenvalue weighted by Gasteiger charge is 2.34. The lowest BCUT2D eigenvalue weighted by Gasteiger charge is -2.15. The quantitative estimate of drug-likeness (QED) is 0.266. The van der Waals surface area contributed by atoms with Crippen LogP contribution in [-0.2, 0) is 11.4 Å². The number of ether oxygens (including phenoxy) is 2. The van der Waals surface area contributed by atoms with Crippen molar-refractivity contribution in [2.75, 3.05) is 13.2 Å². The van der Waals surface area contributed by atoms with Gasteiger partial charge < -0.3 is 9.47 Å². The van der Waals surface area contributed by atoms with E-state index < -0.39 is 0 Å². The van der Waals surface area contributed by atoms with Gasteiger partial charge in [-0.25, -0.2) is 0 Å². The molecule has 0 N–H and O–H groups in total. The van der Waals surface area contributed by atoms with Crippen LogP contribution in [0, 0.1) is 0 Å². The topological polar surface area (TPSA) is 55.8 Å². The molecular formula is C26H22ClNO4S. The molecule has 0 radical (unpaired) electrons. The number of hydrogen-bond donors (Lipinski definition) is 0. The molecule has 1 aliphatic rings. The summed E-state index contributed by atoms with van der Waals surface area (Å²) < 4.78 is 11.9. The van der Waals surface area contributed by atoms with E-state index in [1.807, 2.05) is 31.2 Å². The summed E-state index contributed by atoms with van der Waals surface area (Å²) in [5.74, 6) is 0.556. The predicted molar refractivity (Wildman–Crippen MR) is 134 cm³/mol. The van der Waals surface area contributed by atoms with Crippen molar-refractivity contribution in [1.82, 2.24) is 4.90 Å². The molecule has 1 saturated heterocycles. The van der Waals surface area contributed by atoms with Gasteiger partial charge in [0.1, 0.15) is 6.61 Å². The first-order chi connectivity index (χ1) is 16.0. The fourth-order valence-corrected chi connectivity index (χ4v) is 4.70. The highest BCUT2D eigenvalue weighted by Crippen LogP contribution is 2.39. The third-order valence-electron chi connectivity index (χ3n) is 5.07. The highest BCUT2D eigenvalue weighted by molar-refractivity contribution is 8.18. The van der Waals surface area contributed by atoms with E-state index in [0.29, 0.717) is 40.2 Å². The number of benzene rings is 3. The van der Waals surface area contributed by atoms with E-state index in [1.54, 1.807) is 18.2 Å². The van der Waals surface area contributed by atoms with E-state index in [0.717, 1.165) is 33.0 Å². The van der Waals surface area contributed by atoms with Crippen LogP contribution in [-0.4, -0.2) is 29.2 Å². The number of rotatable bonds is 8. The lowest BCUT2D eigenvalue weighted by Crippen LogP contribution is -2.27. The van der Waals surface area contributed by atoms with Gasteiger partial charge in [0.05, 0.1) is 16.5 Å². The monoisotopic (exact) mass is 479 g/mol. The Labute approximate surface area is 201 Å². The summed E-state index contributed by atoms with van der Waals surface area (Å²) in [6, 6.07) is 17.6. The minimum Gasteiger partial charge on any atom is -0.490 e. The third-order valence-corrected chi connectivity index (χ3v) is 6.25. The van der Waals surface area contributed by atoms with Gasteiger partial charge in [-0.1, -0.05) is 60.1 Å². The van der Waals surface area contributed by atoms with Crippen molar-refractivity contribution in [3.8, 4) is 11.5 Å². The third kappa shape index (κ3) is 4.92. The molecule has 2 amide bonds. The van der Waals surface area contributed by atoms with E-state index in [9.17, 15) is 9.59 Å². The maximum atomic E-state index is 12.5. The normalized spacial score (nSPS) is 14.8. The van der Waals surface area contributed by atoms with Gasteiger partial charge in [0.25, 0.3) is 11.1 Å². The number of carbonyl (C=O) groups excluding carboxylic acids is 2. The molecular weight excluding hydrogens is 458 g/mol. The fourth-order valence-electron chi connectivity index (χ4n) is 3.58.